The van der Waals surface area contributed by atoms with E-state index in [2.05, 4.69) is 9.84 Å². The molecule has 0 aromatic carbocycles. The molecular formula is C9H12F3N3O2. The van der Waals surface area contributed by atoms with Crippen LogP contribution in [0.2, 0.25) is 0 Å². The summed E-state index contributed by atoms with van der Waals surface area (Å²) in [5.41, 5.74) is 2.94. The Morgan fingerprint density at radius 1 is 1.47 bits per heavy atom. The van der Waals surface area contributed by atoms with E-state index in [0.717, 1.165) is 11.8 Å². The quantitative estimate of drug-likeness (QED) is 0.814. The molecule has 0 spiro atoms. The third-order valence-electron chi connectivity index (χ3n) is 2.08. The fourth-order valence-corrected chi connectivity index (χ4v) is 1.33. The molecule has 1 aromatic rings. The van der Waals surface area contributed by atoms with Gasteiger partial charge >= 0.3 is 12.1 Å². The van der Waals surface area contributed by atoms with E-state index >= 15 is 0 Å². The van der Waals surface area contributed by atoms with Gasteiger partial charge in [0.1, 0.15) is 0 Å². The van der Waals surface area contributed by atoms with Gasteiger partial charge in [0.25, 0.3) is 0 Å². The van der Waals surface area contributed by atoms with Crippen molar-refractivity contribution in [1.29, 1.82) is 0 Å². The Morgan fingerprint density at radius 2 is 2.00 bits per heavy atom. The minimum atomic E-state index is -4.70. The molecule has 0 saturated carbocycles. The van der Waals surface area contributed by atoms with E-state index < -0.39 is 29.6 Å². The van der Waals surface area contributed by atoms with Crippen molar-refractivity contribution in [2.24, 2.45) is 0 Å². The second-order valence-electron chi connectivity index (χ2n) is 3.64. The summed E-state index contributed by atoms with van der Waals surface area (Å²) in [7, 11) is 1.06. The second kappa shape index (κ2) is 4.27. The maximum Gasteiger partial charge on any atom is 0.437 e. The first-order valence-electron chi connectivity index (χ1n) is 4.73. The summed E-state index contributed by atoms with van der Waals surface area (Å²) in [5, 5.41) is 3.32. The van der Waals surface area contributed by atoms with Crippen LogP contribution < -0.4 is 5.73 Å². The van der Waals surface area contributed by atoms with Crippen LogP contribution in [0.1, 0.15) is 36.1 Å². The van der Waals surface area contributed by atoms with Gasteiger partial charge in [-0.1, -0.05) is 0 Å². The molecule has 0 amide bonds. The van der Waals surface area contributed by atoms with Gasteiger partial charge < -0.3 is 10.5 Å². The highest BCUT2D eigenvalue weighted by Crippen LogP contribution is 2.35. The number of carbonyl (C=O) groups is 1. The maximum absolute atomic E-state index is 12.6. The minimum absolute atomic E-state index is 0.380. The Bertz CT molecular complexity index is 437. The maximum atomic E-state index is 12.6. The molecule has 0 bridgehead atoms. The number of nitrogens with two attached hydrogens (primary N) is 1. The molecule has 0 atom stereocenters. The van der Waals surface area contributed by atoms with Gasteiger partial charge in [-0.2, -0.15) is 18.3 Å². The van der Waals surface area contributed by atoms with Gasteiger partial charge in [0.15, 0.2) is 11.4 Å². The lowest BCUT2D eigenvalue weighted by molar-refractivity contribution is -0.140. The third kappa shape index (κ3) is 2.34. The standard InChI is InChI=1S/C9H12F3N3O2/c1-4(2)15-6(8(16)17-3)5(13)7(14-15)9(10,11)12/h4H,13H2,1-3H3. The predicted molar refractivity (Wildman–Crippen MR) is 53.4 cm³/mol. The molecule has 1 aromatic heterocycles. The Hall–Kier alpha value is -1.73. The summed E-state index contributed by atoms with van der Waals surface area (Å²) in [6, 6.07) is -0.442. The van der Waals surface area contributed by atoms with Crippen molar-refractivity contribution in [1.82, 2.24) is 9.78 Å². The van der Waals surface area contributed by atoms with Crippen LogP contribution in [0.5, 0.6) is 0 Å². The van der Waals surface area contributed by atoms with Crippen LogP contribution in [0.15, 0.2) is 0 Å². The van der Waals surface area contributed by atoms with Crippen molar-refractivity contribution in [2.75, 3.05) is 12.8 Å². The van der Waals surface area contributed by atoms with Crippen LogP contribution in [0.4, 0.5) is 18.9 Å². The van der Waals surface area contributed by atoms with Gasteiger partial charge in [-0.05, 0) is 13.8 Å². The van der Waals surface area contributed by atoms with Crippen molar-refractivity contribution < 1.29 is 22.7 Å². The summed E-state index contributed by atoms with van der Waals surface area (Å²) < 4.78 is 43.0. The fourth-order valence-electron chi connectivity index (χ4n) is 1.33. The van der Waals surface area contributed by atoms with Crippen LogP contribution in [-0.4, -0.2) is 22.9 Å². The van der Waals surface area contributed by atoms with E-state index in [1.165, 1.54) is 0 Å². The number of halogens is 3. The van der Waals surface area contributed by atoms with E-state index in [1.54, 1.807) is 13.8 Å². The molecule has 5 nitrogen and oxygen atoms in total. The molecule has 0 aliphatic heterocycles. The number of anilines is 1. The Kier molecular flexibility index (Phi) is 3.35. The summed E-state index contributed by atoms with van der Waals surface area (Å²) in [6.07, 6.45) is -4.70. The number of methoxy groups -OCH3 is 1. The Labute approximate surface area is 95.3 Å². The SMILES string of the molecule is COC(=O)c1c(N)c(C(F)(F)F)nn1C(C)C. The van der Waals surface area contributed by atoms with Crippen LogP contribution in [0, 0.1) is 0 Å². The van der Waals surface area contributed by atoms with E-state index in [1.807, 2.05) is 0 Å². The number of carbonyl (C=O) groups excluding carboxylic acids is 1. The van der Waals surface area contributed by atoms with Crippen molar-refractivity contribution in [3.63, 3.8) is 0 Å². The first kappa shape index (κ1) is 13.3. The van der Waals surface area contributed by atoms with E-state index in [0.29, 0.717) is 0 Å². The van der Waals surface area contributed by atoms with Gasteiger partial charge in [0.2, 0.25) is 0 Å². The summed E-state index contributed by atoms with van der Waals surface area (Å²) >= 11 is 0. The van der Waals surface area contributed by atoms with E-state index in [-0.39, 0.29) is 5.69 Å². The summed E-state index contributed by atoms with van der Waals surface area (Å²) in [4.78, 5) is 11.4. The topological polar surface area (TPSA) is 70.1 Å². The first-order valence-corrected chi connectivity index (χ1v) is 4.73. The lowest BCUT2D eigenvalue weighted by Crippen LogP contribution is -2.15. The molecule has 8 heteroatoms. The molecule has 17 heavy (non-hydrogen) atoms. The molecule has 1 heterocycles. The molecule has 0 fully saturated rings. The number of hydrogen-bond acceptors (Lipinski definition) is 4. The minimum Gasteiger partial charge on any atom is -0.464 e. The van der Waals surface area contributed by atoms with Gasteiger partial charge in [-0.25, -0.2) is 4.79 Å². The average Bonchev–Trinajstić information content (AvgIpc) is 2.54. The number of ether oxygens (including phenoxy) is 1. The highest BCUT2D eigenvalue weighted by atomic mass is 19.4. The third-order valence-corrected chi connectivity index (χ3v) is 2.08. The van der Waals surface area contributed by atoms with Crippen LogP contribution in [-0.2, 0) is 10.9 Å². The molecule has 0 aliphatic carbocycles. The van der Waals surface area contributed by atoms with Gasteiger partial charge in [0, 0.05) is 6.04 Å². The number of aromatic nitrogens is 2. The zero-order chi connectivity index (χ0) is 13.4. The molecule has 0 aliphatic rings. The van der Waals surface area contributed by atoms with Gasteiger partial charge in [-0.15, -0.1) is 0 Å². The van der Waals surface area contributed by atoms with Crippen molar-refractivity contribution in [3.05, 3.63) is 11.4 Å². The Balaban J connectivity index is 3.46. The zero-order valence-corrected chi connectivity index (χ0v) is 9.50. The molecule has 0 radical (unpaired) electrons. The molecular weight excluding hydrogens is 239 g/mol. The van der Waals surface area contributed by atoms with Crippen LogP contribution in [0.25, 0.3) is 0 Å². The van der Waals surface area contributed by atoms with Crippen molar-refractivity contribution >= 4 is 11.7 Å². The van der Waals surface area contributed by atoms with Crippen molar-refractivity contribution in [3.8, 4) is 0 Å². The second-order valence-corrected chi connectivity index (χ2v) is 3.64. The lowest BCUT2D eigenvalue weighted by Gasteiger charge is -2.09. The first-order chi connectivity index (χ1) is 7.70. The highest BCUT2D eigenvalue weighted by Gasteiger charge is 2.40. The van der Waals surface area contributed by atoms with Crippen LogP contribution >= 0.6 is 0 Å². The van der Waals surface area contributed by atoms with E-state index in [9.17, 15) is 18.0 Å². The molecule has 1 rings (SSSR count). The zero-order valence-electron chi connectivity index (χ0n) is 9.50. The molecule has 0 unspecified atom stereocenters. The molecule has 96 valence electrons. The molecule has 0 saturated heterocycles. The lowest BCUT2D eigenvalue weighted by atomic mass is 10.2. The number of alkyl halides is 3. The Morgan fingerprint density at radius 3 is 2.35 bits per heavy atom. The number of esters is 1. The average molecular weight is 251 g/mol. The van der Waals surface area contributed by atoms with Crippen LogP contribution in [0.3, 0.4) is 0 Å². The predicted octanol–water partition coefficient (Wildman–Crippen LogP) is 1.85. The fraction of sp³-hybridized carbons (Fsp3) is 0.556. The largest absolute Gasteiger partial charge is 0.464 e. The number of rotatable bonds is 2. The smallest absolute Gasteiger partial charge is 0.437 e. The van der Waals surface area contributed by atoms with Gasteiger partial charge in [-0.3, -0.25) is 4.68 Å². The van der Waals surface area contributed by atoms with E-state index in [4.69, 9.17) is 5.73 Å². The van der Waals surface area contributed by atoms with Gasteiger partial charge in [0.05, 0.1) is 12.8 Å². The molecule has 2 N–H and O–H groups in total. The number of nitrogens with zero attached hydrogens (tertiary/aromatic N) is 2. The monoisotopic (exact) mass is 251 g/mol. The number of nitrogen functional groups attached to an aromatic ring is 1. The number of hydrogen-bond donors (Lipinski definition) is 1. The summed E-state index contributed by atoms with van der Waals surface area (Å²) in [5.74, 6) is -0.945. The normalized spacial score (nSPS) is 11.9. The summed E-state index contributed by atoms with van der Waals surface area (Å²) in [6.45, 7) is 3.16. The van der Waals surface area contributed by atoms with Crippen molar-refractivity contribution in [2.45, 2.75) is 26.1 Å². The highest BCUT2D eigenvalue weighted by molar-refractivity contribution is 5.94.